The van der Waals surface area contributed by atoms with E-state index in [-0.39, 0.29) is 5.92 Å². The molecule has 1 unspecified atom stereocenters. The molecule has 13 heavy (non-hydrogen) atoms. The van der Waals surface area contributed by atoms with Crippen molar-refractivity contribution in [1.29, 1.82) is 5.26 Å². The van der Waals surface area contributed by atoms with Gasteiger partial charge in [0.2, 0.25) is 0 Å². The molecule has 1 nitrogen and oxygen atoms in total. The number of halogens is 1. The number of hydrogen-bond donors (Lipinski definition) is 0. The maximum Gasteiger partial charge on any atom is 0.0710 e. The molecular formula is C11H12BrN. The number of benzene rings is 1. The molecule has 0 radical (unpaired) electrons. The number of rotatable bonds is 2. The Morgan fingerprint density at radius 2 is 2.23 bits per heavy atom. The van der Waals surface area contributed by atoms with Crippen molar-refractivity contribution in [3.8, 4) is 6.07 Å². The van der Waals surface area contributed by atoms with Gasteiger partial charge in [0.1, 0.15) is 0 Å². The van der Waals surface area contributed by atoms with Crippen LogP contribution >= 0.6 is 15.9 Å². The van der Waals surface area contributed by atoms with Crippen LogP contribution in [0.1, 0.15) is 30.4 Å². The van der Waals surface area contributed by atoms with Crippen LogP contribution in [0.25, 0.3) is 0 Å². The Bertz CT molecular complexity index is 338. The summed E-state index contributed by atoms with van der Waals surface area (Å²) in [5.41, 5.74) is 2.30. The van der Waals surface area contributed by atoms with Gasteiger partial charge in [0.05, 0.1) is 12.0 Å². The fourth-order valence-corrected chi connectivity index (χ4v) is 1.53. The SMILES string of the molecule is CCC(C#N)c1ccc(Br)c(C)c1. The van der Waals surface area contributed by atoms with Crippen LogP contribution in [0.2, 0.25) is 0 Å². The molecule has 1 rings (SSSR count). The molecule has 0 spiro atoms. The molecule has 0 aliphatic heterocycles. The zero-order chi connectivity index (χ0) is 9.84. The molecule has 0 heterocycles. The Hall–Kier alpha value is -0.810. The third-order valence-corrected chi connectivity index (χ3v) is 3.04. The Balaban J connectivity index is 3.04. The second kappa shape index (κ2) is 4.43. The molecule has 0 saturated carbocycles. The smallest absolute Gasteiger partial charge is 0.0710 e. The zero-order valence-corrected chi connectivity index (χ0v) is 9.43. The van der Waals surface area contributed by atoms with Crippen molar-refractivity contribution in [3.05, 3.63) is 33.8 Å². The predicted molar refractivity (Wildman–Crippen MR) is 57.5 cm³/mol. The molecule has 0 aliphatic carbocycles. The highest BCUT2D eigenvalue weighted by atomic mass is 79.9. The Labute approximate surface area is 87.5 Å². The van der Waals surface area contributed by atoms with Gasteiger partial charge in [-0.1, -0.05) is 35.0 Å². The van der Waals surface area contributed by atoms with Crippen molar-refractivity contribution in [3.63, 3.8) is 0 Å². The second-order valence-electron chi connectivity index (χ2n) is 3.10. The van der Waals surface area contributed by atoms with Gasteiger partial charge in [0.15, 0.2) is 0 Å². The third kappa shape index (κ3) is 2.32. The number of hydrogen-bond acceptors (Lipinski definition) is 1. The quantitative estimate of drug-likeness (QED) is 0.769. The fourth-order valence-electron chi connectivity index (χ4n) is 1.29. The topological polar surface area (TPSA) is 23.8 Å². The summed E-state index contributed by atoms with van der Waals surface area (Å²) in [5, 5.41) is 8.88. The van der Waals surface area contributed by atoms with Gasteiger partial charge < -0.3 is 0 Å². The lowest BCUT2D eigenvalue weighted by Gasteiger charge is -2.07. The highest BCUT2D eigenvalue weighted by Gasteiger charge is 2.08. The first-order chi connectivity index (χ1) is 6.19. The van der Waals surface area contributed by atoms with Gasteiger partial charge in [-0.25, -0.2) is 0 Å². The van der Waals surface area contributed by atoms with E-state index in [1.165, 1.54) is 5.56 Å². The van der Waals surface area contributed by atoms with Gasteiger partial charge in [0, 0.05) is 4.47 Å². The van der Waals surface area contributed by atoms with Crippen molar-refractivity contribution in [2.75, 3.05) is 0 Å². The van der Waals surface area contributed by atoms with Crippen LogP contribution < -0.4 is 0 Å². The summed E-state index contributed by atoms with van der Waals surface area (Å²) in [6.07, 6.45) is 0.873. The molecule has 0 aliphatic rings. The molecule has 0 aromatic heterocycles. The van der Waals surface area contributed by atoms with Crippen molar-refractivity contribution >= 4 is 15.9 Å². The lowest BCUT2D eigenvalue weighted by atomic mass is 9.97. The third-order valence-electron chi connectivity index (χ3n) is 2.15. The van der Waals surface area contributed by atoms with E-state index in [2.05, 4.69) is 28.1 Å². The van der Waals surface area contributed by atoms with E-state index in [4.69, 9.17) is 5.26 Å². The molecule has 0 amide bonds. The number of nitrogens with zero attached hydrogens (tertiary/aromatic N) is 1. The first kappa shape index (κ1) is 10.3. The van der Waals surface area contributed by atoms with Crippen molar-refractivity contribution in [2.24, 2.45) is 0 Å². The molecular weight excluding hydrogens is 226 g/mol. The zero-order valence-electron chi connectivity index (χ0n) is 7.84. The van der Waals surface area contributed by atoms with Gasteiger partial charge in [-0.2, -0.15) is 5.26 Å². The Morgan fingerprint density at radius 1 is 1.54 bits per heavy atom. The minimum atomic E-state index is 0.0341. The largest absolute Gasteiger partial charge is 0.198 e. The van der Waals surface area contributed by atoms with Gasteiger partial charge in [0.25, 0.3) is 0 Å². The summed E-state index contributed by atoms with van der Waals surface area (Å²) in [4.78, 5) is 0. The molecule has 0 saturated heterocycles. The summed E-state index contributed by atoms with van der Waals surface area (Å²) >= 11 is 3.44. The van der Waals surface area contributed by atoms with E-state index >= 15 is 0 Å². The predicted octanol–water partition coefficient (Wildman–Crippen LogP) is 3.77. The maximum absolute atomic E-state index is 8.88. The lowest BCUT2D eigenvalue weighted by Crippen LogP contribution is -1.94. The van der Waals surface area contributed by atoms with Gasteiger partial charge in [-0.05, 0) is 30.5 Å². The van der Waals surface area contributed by atoms with Gasteiger partial charge in [-0.3, -0.25) is 0 Å². The van der Waals surface area contributed by atoms with Crippen LogP contribution in [0.4, 0.5) is 0 Å². The summed E-state index contributed by atoms with van der Waals surface area (Å²) in [7, 11) is 0. The average Bonchev–Trinajstić information content (AvgIpc) is 2.13. The first-order valence-corrected chi connectivity index (χ1v) is 5.14. The number of nitriles is 1. The van der Waals surface area contributed by atoms with Crippen LogP contribution in [0.15, 0.2) is 22.7 Å². The van der Waals surface area contributed by atoms with Crippen LogP contribution in [0.3, 0.4) is 0 Å². The van der Waals surface area contributed by atoms with Crippen LogP contribution in [-0.4, -0.2) is 0 Å². The minimum Gasteiger partial charge on any atom is -0.198 e. The van der Waals surface area contributed by atoms with Crippen LogP contribution in [-0.2, 0) is 0 Å². The lowest BCUT2D eigenvalue weighted by molar-refractivity contribution is 0.817. The van der Waals surface area contributed by atoms with E-state index in [0.29, 0.717) is 0 Å². The van der Waals surface area contributed by atoms with Crippen molar-refractivity contribution in [1.82, 2.24) is 0 Å². The molecule has 0 fully saturated rings. The molecule has 68 valence electrons. The standard InChI is InChI=1S/C11H12BrN/c1-3-9(7-13)10-4-5-11(12)8(2)6-10/h4-6,9H,3H2,1-2H3. The van der Waals surface area contributed by atoms with Gasteiger partial charge >= 0.3 is 0 Å². The first-order valence-electron chi connectivity index (χ1n) is 4.34. The Kier molecular flexibility index (Phi) is 3.50. The summed E-state index contributed by atoms with van der Waals surface area (Å²) in [6.45, 7) is 4.07. The normalized spacial score (nSPS) is 12.2. The summed E-state index contributed by atoms with van der Waals surface area (Å²) in [5.74, 6) is 0.0341. The molecule has 1 aromatic carbocycles. The monoisotopic (exact) mass is 237 g/mol. The molecule has 0 bridgehead atoms. The second-order valence-corrected chi connectivity index (χ2v) is 3.95. The van der Waals surface area contributed by atoms with Crippen molar-refractivity contribution in [2.45, 2.75) is 26.2 Å². The summed E-state index contributed by atoms with van der Waals surface area (Å²) < 4.78 is 1.10. The Morgan fingerprint density at radius 3 is 2.69 bits per heavy atom. The van der Waals surface area contributed by atoms with Crippen LogP contribution in [0, 0.1) is 18.3 Å². The number of aryl methyl sites for hydroxylation is 1. The van der Waals surface area contributed by atoms with E-state index in [9.17, 15) is 0 Å². The van der Waals surface area contributed by atoms with E-state index in [1.54, 1.807) is 0 Å². The van der Waals surface area contributed by atoms with E-state index in [1.807, 2.05) is 26.0 Å². The van der Waals surface area contributed by atoms with Gasteiger partial charge in [-0.15, -0.1) is 0 Å². The highest BCUT2D eigenvalue weighted by molar-refractivity contribution is 9.10. The molecule has 2 heteroatoms. The maximum atomic E-state index is 8.88. The minimum absolute atomic E-state index is 0.0341. The van der Waals surface area contributed by atoms with E-state index < -0.39 is 0 Å². The average molecular weight is 238 g/mol. The molecule has 1 atom stereocenters. The molecule has 1 aromatic rings. The highest BCUT2D eigenvalue weighted by Crippen LogP contribution is 2.23. The fraction of sp³-hybridized carbons (Fsp3) is 0.364. The molecule has 0 N–H and O–H groups in total. The summed E-state index contributed by atoms with van der Waals surface area (Å²) in [6, 6.07) is 8.38. The van der Waals surface area contributed by atoms with Crippen molar-refractivity contribution < 1.29 is 0 Å². The van der Waals surface area contributed by atoms with Crippen LogP contribution in [0.5, 0.6) is 0 Å². The van der Waals surface area contributed by atoms with E-state index in [0.717, 1.165) is 16.5 Å².